The summed E-state index contributed by atoms with van der Waals surface area (Å²) >= 11 is 1.59. The quantitative estimate of drug-likeness (QED) is 0.819. The molecule has 1 N–H and O–H groups in total. The molecule has 0 unspecified atom stereocenters. The van der Waals surface area contributed by atoms with Crippen LogP contribution in [0.1, 0.15) is 47.8 Å². The molecule has 4 heteroatoms. The van der Waals surface area contributed by atoms with Gasteiger partial charge in [0, 0.05) is 16.9 Å². The summed E-state index contributed by atoms with van der Waals surface area (Å²) in [6.45, 7) is 6.17. The number of benzene rings is 2. The van der Waals surface area contributed by atoms with E-state index in [4.69, 9.17) is 4.74 Å². The minimum Gasteiger partial charge on any atom is -0.487 e. The summed E-state index contributed by atoms with van der Waals surface area (Å²) in [5, 5.41) is 3.21. The van der Waals surface area contributed by atoms with E-state index >= 15 is 0 Å². The Kier molecular flexibility index (Phi) is 4.59. The Morgan fingerprint density at radius 1 is 1.25 bits per heavy atom. The fourth-order valence-corrected chi connectivity index (χ4v) is 3.75. The molecular weight excluding hydrogens is 318 g/mol. The number of carbonyl (C=O) groups is 1. The second-order valence-electron chi connectivity index (χ2n) is 6.83. The first-order chi connectivity index (χ1) is 11.4. The predicted molar refractivity (Wildman–Crippen MR) is 98.9 cm³/mol. The van der Waals surface area contributed by atoms with Gasteiger partial charge in [0.15, 0.2) is 0 Å². The van der Waals surface area contributed by atoms with Crippen molar-refractivity contribution in [2.24, 2.45) is 0 Å². The Morgan fingerprint density at radius 2 is 2.00 bits per heavy atom. The van der Waals surface area contributed by atoms with E-state index in [-0.39, 0.29) is 17.6 Å². The fraction of sp³-hybridized carbons (Fsp3) is 0.350. The Morgan fingerprint density at radius 3 is 2.75 bits per heavy atom. The molecule has 2 aromatic rings. The second-order valence-corrected chi connectivity index (χ2v) is 7.68. The van der Waals surface area contributed by atoms with Crippen LogP contribution in [0, 0.1) is 6.92 Å². The third-order valence-electron chi connectivity index (χ3n) is 4.28. The SMILES string of the molecule is CSc1ccccc1C(=O)N[C@H]1CC(C)(C)Oc2cc(C)ccc21. The monoisotopic (exact) mass is 341 g/mol. The van der Waals surface area contributed by atoms with E-state index in [9.17, 15) is 4.79 Å². The number of rotatable bonds is 3. The second kappa shape index (κ2) is 6.52. The number of fused-ring (bicyclic) bond motifs is 1. The van der Waals surface area contributed by atoms with Crippen molar-refractivity contribution in [3.8, 4) is 5.75 Å². The zero-order valence-corrected chi connectivity index (χ0v) is 15.4. The van der Waals surface area contributed by atoms with Crippen molar-refractivity contribution < 1.29 is 9.53 Å². The maximum absolute atomic E-state index is 12.8. The standard InChI is InChI=1S/C20H23NO2S/c1-13-9-10-14-16(12-20(2,3)23-17(14)11-13)21-19(22)15-7-5-6-8-18(15)24-4/h5-11,16H,12H2,1-4H3,(H,21,22)/t16-/m0/s1. The van der Waals surface area contributed by atoms with E-state index in [2.05, 4.69) is 31.3 Å². The largest absolute Gasteiger partial charge is 0.487 e. The molecule has 0 bridgehead atoms. The van der Waals surface area contributed by atoms with Crippen molar-refractivity contribution >= 4 is 17.7 Å². The van der Waals surface area contributed by atoms with Crippen LogP contribution in [-0.4, -0.2) is 17.8 Å². The lowest BCUT2D eigenvalue weighted by molar-refractivity contribution is 0.0618. The molecule has 24 heavy (non-hydrogen) atoms. The highest BCUT2D eigenvalue weighted by Gasteiger charge is 2.34. The van der Waals surface area contributed by atoms with E-state index in [1.807, 2.05) is 43.5 Å². The summed E-state index contributed by atoms with van der Waals surface area (Å²) in [4.78, 5) is 13.8. The van der Waals surface area contributed by atoms with Crippen LogP contribution in [0.15, 0.2) is 47.4 Å². The van der Waals surface area contributed by atoms with Crippen molar-refractivity contribution in [1.82, 2.24) is 5.32 Å². The van der Waals surface area contributed by atoms with E-state index in [0.717, 1.165) is 33.8 Å². The van der Waals surface area contributed by atoms with Crippen molar-refractivity contribution in [1.29, 1.82) is 0 Å². The number of hydrogen-bond acceptors (Lipinski definition) is 3. The third kappa shape index (κ3) is 3.44. The molecule has 3 rings (SSSR count). The van der Waals surface area contributed by atoms with E-state index in [1.165, 1.54) is 0 Å². The molecule has 1 aliphatic heterocycles. The maximum Gasteiger partial charge on any atom is 0.252 e. The highest BCUT2D eigenvalue weighted by molar-refractivity contribution is 7.98. The van der Waals surface area contributed by atoms with Gasteiger partial charge in [-0.1, -0.05) is 24.3 Å². The Bertz CT molecular complexity index is 770. The molecule has 0 radical (unpaired) electrons. The summed E-state index contributed by atoms with van der Waals surface area (Å²) in [7, 11) is 0. The molecule has 0 fully saturated rings. The van der Waals surface area contributed by atoms with Crippen LogP contribution in [0.4, 0.5) is 0 Å². The van der Waals surface area contributed by atoms with E-state index in [0.29, 0.717) is 0 Å². The molecule has 0 aliphatic carbocycles. The van der Waals surface area contributed by atoms with Crippen LogP contribution in [0.25, 0.3) is 0 Å². The molecule has 1 amide bonds. The zero-order valence-electron chi connectivity index (χ0n) is 14.6. The van der Waals surface area contributed by atoms with Crippen molar-refractivity contribution in [2.45, 2.75) is 43.7 Å². The molecular formula is C20H23NO2S. The van der Waals surface area contributed by atoms with Gasteiger partial charge in [0.2, 0.25) is 0 Å². The number of aryl methyl sites for hydroxylation is 1. The Hall–Kier alpha value is -1.94. The van der Waals surface area contributed by atoms with Crippen molar-refractivity contribution in [3.63, 3.8) is 0 Å². The first-order valence-corrected chi connectivity index (χ1v) is 9.35. The van der Waals surface area contributed by atoms with Gasteiger partial charge < -0.3 is 10.1 Å². The number of ether oxygens (including phenoxy) is 1. The molecule has 0 aromatic heterocycles. The van der Waals surface area contributed by atoms with Gasteiger partial charge in [-0.25, -0.2) is 0 Å². The summed E-state index contributed by atoms with van der Waals surface area (Å²) in [5.74, 6) is 0.837. The average Bonchev–Trinajstić information content (AvgIpc) is 2.53. The number of amides is 1. The summed E-state index contributed by atoms with van der Waals surface area (Å²) < 4.78 is 6.11. The van der Waals surface area contributed by atoms with Gasteiger partial charge in [0.05, 0.1) is 11.6 Å². The lowest BCUT2D eigenvalue weighted by atomic mass is 9.89. The fourth-order valence-electron chi connectivity index (χ4n) is 3.16. The first kappa shape index (κ1) is 16.9. The normalized spacial score (nSPS) is 18.4. The first-order valence-electron chi connectivity index (χ1n) is 8.13. The van der Waals surface area contributed by atoms with E-state index in [1.54, 1.807) is 11.8 Å². The molecule has 3 nitrogen and oxygen atoms in total. The third-order valence-corrected chi connectivity index (χ3v) is 5.08. The van der Waals surface area contributed by atoms with Crippen LogP contribution < -0.4 is 10.1 Å². The minimum atomic E-state index is -0.308. The van der Waals surface area contributed by atoms with Crippen LogP contribution >= 0.6 is 11.8 Å². The number of nitrogens with one attached hydrogen (secondary N) is 1. The molecule has 2 aromatic carbocycles. The van der Waals surface area contributed by atoms with Gasteiger partial charge in [0.1, 0.15) is 11.4 Å². The smallest absolute Gasteiger partial charge is 0.252 e. The van der Waals surface area contributed by atoms with Crippen molar-refractivity contribution in [3.05, 3.63) is 59.2 Å². The molecule has 0 saturated heterocycles. The van der Waals surface area contributed by atoms with Gasteiger partial charge >= 0.3 is 0 Å². The van der Waals surface area contributed by atoms with Gasteiger partial charge in [-0.2, -0.15) is 0 Å². The van der Waals surface area contributed by atoms with Gasteiger partial charge in [-0.05, 0) is 50.8 Å². The van der Waals surface area contributed by atoms with Crippen LogP contribution in [-0.2, 0) is 0 Å². The summed E-state index contributed by atoms with van der Waals surface area (Å²) in [5.41, 5.74) is 2.62. The van der Waals surface area contributed by atoms with Crippen LogP contribution in [0.5, 0.6) is 5.75 Å². The average molecular weight is 341 g/mol. The van der Waals surface area contributed by atoms with Gasteiger partial charge in [-0.3, -0.25) is 4.79 Å². The maximum atomic E-state index is 12.8. The molecule has 1 heterocycles. The van der Waals surface area contributed by atoms with Crippen molar-refractivity contribution in [2.75, 3.05) is 6.26 Å². The summed E-state index contributed by atoms with van der Waals surface area (Å²) in [6.07, 6.45) is 2.73. The van der Waals surface area contributed by atoms with Crippen LogP contribution in [0.3, 0.4) is 0 Å². The summed E-state index contributed by atoms with van der Waals surface area (Å²) in [6, 6.07) is 13.8. The lowest BCUT2D eigenvalue weighted by Gasteiger charge is -2.38. The highest BCUT2D eigenvalue weighted by atomic mass is 32.2. The lowest BCUT2D eigenvalue weighted by Crippen LogP contribution is -2.41. The molecule has 126 valence electrons. The molecule has 0 saturated carbocycles. The Balaban J connectivity index is 1.91. The number of hydrogen-bond donors (Lipinski definition) is 1. The number of carbonyl (C=O) groups excluding carboxylic acids is 1. The predicted octanol–water partition coefficient (Wildman–Crippen LogP) is 4.75. The minimum absolute atomic E-state index is 0.0332. The van der Waals surface area contributed by atoms with Crippen LogP contribution in [0.2, 0.25) is 0 Å². The zero-order chi connectivity index (χ0) is 17.3. The Labute approximate surface area is 147 Å². The highest BCUT2D eigenvalue weighted by Crippen LogP contribution is 2.40. The number of thioether (sulfide) groups is 1. The molecule has 1 aliphatic rings. The molecule has 1 atom stereocenters. The topological polar surface area (TPSA) is 38.3 Å². The van der Waals surface area contributed by atoms with Gasteiger partial charge in [0.25, 0.3) is 5.91 Å². The van der Waals surface area contributed by atoms with E-state index < -0.39 is 0 Å². The molecule has 0 spiro atoms. The van der Waals surface area contributed by atoms with Gasteiger partial charge in [-0.15, -0.1) is 11.8 Å².